The van der Waals surface area contributed by atoms with Gasteiger partial charge in [-0.2, -0.15) is 13.2 Å². The summed E-state index contributed by atoms with van der Waals surface area (Å²) in [6.07, 6.45) is -1.05. The SMILES string of the molecule is Cc1ccc([C@@](Cc2ccccc2)(NC(=O)NC2CCCC2)c2cc(F)cc(C(F)(F)F)c2)o1. The van der Waals surface area contributed by atoms with Gasteiger partial charge in [-0.3, -0.25) is 0 Å². The molecule has 3 aromatic rings. The predicted octanol–water partition coefficient (Wildman–Crippen LogP) is 6.47. The summed E-state index contributed by atoms with van der Waals surface area (Å²) in [6.45, 7) is 1.70. The number of halogens is 4. The van der Waals surface area contributed by atoms with Crippen LogP contribution in [0, 0.1) is 12.7 Å². The van der Waals surface area contributed by atoms with Gasteiger partial charge in [-0.1, -0.05) is 43.2 Å². The van der Waals surface area contributed by atoms with Crippen molar-refractivity contribution in [3.05, 3.63) is 94.7 Å². The molecular formula is C26H26F4N2O2. The maximum Gasteiger partial charge on any atom is 0.416 e. The molecule has 4 nitrogen and oxygen atoms in total. The summed E-state index contributed by atoms with van der Waals surface area (Å²) in [5, 5.41) is 5.80. The Hall–Kier alpha value is -3.29. The van der Waals surface area contributed by atoms with E-state index in [0.717, 1.165) is 43.4 Å². The fraction of sp³-hybridized carbons (Fsp3) is 0.346. The van der Waals surface area contributed by atoms with Gasteiger partial charge >= 0.3 is 12.2 Å². The van der Waals surface area contributed by atoms with Crippen molar-refractivity contribution in [3.8, 4) is 0 Å². The zero-order valence-corrected chi connectivity index (χ0v) is 18.7. The molecule has 1 heterocycles. The Morgan fingerprint density at radius 1 is 1.00 bits per heavy atom. The number of carbonyl (C=O) groups is 1. The van der Waals surface area contributed by atoms with Crippen LogP contribution >= 0.6 is 0 Å². The molecule has 8 heteroatoms. The highest BCUT2D eigenvalue weighted by atomic mass is 19.4. The van der Waals surface area contributed by atoms with Crippen LogP contribution in [0.25, 0.3) is 0 Å². The van der Waals surface area contributed by atoms with Gasteiger partial charge in [0.2, 0.25) is 0 Å². The quantitative estimate of drug-likeness (QED) is 0.402. The predicted molar refractivity (Wildman–Crippen MR) is 120 cm³/mol. The standard InChI is InChI=1S/C26H26F4N2O2/c1-17-11-12-23(34-17)25(16-18-7-3-2-4-8-18,32-24(33)31-22-9-5-6-10-22)19-13-20(26(28,29)30)15-21(27)14-19/h2-4,7-8,11-15,22H,5-6,9-10,16H2,1H3,(H2,31,32,33)/t25-/m0/s1. The van der Waals surface area contributed by atoms with Gasteiger partial charge in [-0.15, -0.1) is 0 Å². The smallest absolute Gasteiger partial charge is 0.416 e. The molecule has 0 aliphatic heterocycles. The van der Waals surface area contributed by atoms with E-state index in [1.54, 1.807) is 43.3 Å². The van der Waals surface area contributed by atoms with Crippen molar-refractivity contribution < 1.29 is 26.8 Å². The zero-order chi connectivity index (χ0) is 24.3. The number of rotatable bonds is 6. The Morgan fingerprint density at radius 3 is 2.29 bits per heavy atom. The van der Waals surface area contributed by atoms with Crippen LogP contribution in [-0.4, -0.2) is 12.1 Å². The third kappa shape index (κ3) is 5.26. The van der Waals surface area contributed by atoms with Crippen molar-refractivity contribution in [2.24, 2.45) is 0 Å². The van der Waals surface area contributed by atoms with E-state index in [9.17, 15) is 22.4 Å². The Morgan fingerprint density at radius 2 is 1.68 bits per heavy atom. The summed E-state index contributed by atoms with van der Waals surface area (Å²) >= 11 is 0. The second-order valence-corrected chi connectivity index (χ2v) is 8.78. The van der Waals surface area contributed by atoms with E-state index in [-0.39, 0.29) is 23.8 Å². The van der Waals surface area contributed by atoms with Gasteiger partial charge in [-0.05, 0) is 61.2 Å². The summed E-state index contributed by atoms with van der Waals surface area (Å²) < 4.78 is 61.3. The lowest BCUT2D eigenvalue weighted by Gasteiger charge is -2.35. The van der Waals surface area contributed by atoms with E-state index in [1.807, 2.05) is 6.07 Å². The minimum atomic E-state index is -4.76. The van der Waals surface area contributed by atoms with Crippen LogP contribution in [0.2, 0.25) is 0 Å². The number of carbonyl (C=O) groups excluding carboxylic acids is 1. The van der Waals surface area contributed by atoms with Crippen LogP contribution in [0.5, 0.6) is 0 Å². The second-order valence-electron chi connectivity index (χ2n) is 8.78. The van der Waals surface area contributed by atoms with Crippen LogP contribution in [0.1, 0.15) is 53.9 Å². The molecule has 2 amide bonds. The third-order valence-corrected chi connectivity index (χ3v) is 6.21. The van der Waals surface area contributed by atoms with Crippen molar-refractivity contribution in [2.75, 3.05) is 0 Å². The Balaban J connectivity index is 1.87. The molecule has 1 atom stereocenters. The molecule has 0 unspecified atom stereocenters. The second kappa shape index (κ2) is 9.52. The monoisotopic (exact) mass is 474 g/mol. The van der Waals surface area contributed by atoms with Crippen LogP contribution in [-0.2, 0) is 18.1 Å². The first-order valence-corrected chi connectivity index (χ1v) is 11.2. The lowest BCUT2D eigenvalue weighted by atomic mass is 9.80. The van der Waals surface area contributed by atoms with Gasteiger partial charge < -0.3 is 15.1 Å². The number of benzene rings is 2. The summed E-state index contributed by atoms with van der Waals surface area (Å²) in [5.74, 6) is -0.324. The fourth-order valence-corrected chi connectivity index (χ4v) is 4.56. The van der Waals surface area contributed by atoms with Crippen LogP contribution in [0.3, 0.4) is 0 Å². The summed E-state index contributed by atoms with van der Waals surface area (Å²) in [6, 6.07) is 14.0. The van der Waals surface area contributed by atoms with E-state index in [1.165, 1.54) is 0 Å². The molecule has 0 radical (unpaired) electrons. The minimum Gasteiger partial charge on any atom is -0.463 e. The Bertz CT molecular complexity index is 1140. The molecular weight excluding hydrogens is 448 g/mol. The number of aryl methyl sites for hydroxylation is 1. The first-order valence-electron chi connectivity index (χ1n) is 11.2. The van der Waals surface area contributed by atoms with E-state index >= 15 is 0 Å². The molecule has 1 fully saturated rings. The molecule has 2 aromatic carbocycles. The minimum absolute atomic E-state index is 0.0222. The molecule has 1 aliphatic rings. The highest BCUT2D eigenvalue weighted by Crippen LogP contribution is 2.39. The summed E-state index contributed by atoms with van der Waals surface area (Å²) in [5.41, 5.74) is -2.04. The van der Waals surface area contributed by atoms with Gasteiger partial charge in [0.1, 0.15) is 22.9 Å². The molecule has 4 rings (SSSR count). The summed E-state index contributed by atoms with van der Waals surface area (Å²) in [4.78, 5) is 13.1. The fourth-order valence-electron chi connectivity index (χ4n) is 4.56. The molecule has 2 N–H and O–H groups in total. The van der Waals surface area contributed by atoms with Gasteiger partial charge in [0.15, 0.2) is 0 Å². The lowest BCUT2D eigenvalue weighted by molar-refractivity contribution is -0.137. The highest BCUT2D eigenvalue weighted by Gasteiger charge is 2.42. The Kier molecular flexibility index (Phi) is 6.68. The number of nitrogens with one attached hydrogen (secondary N) is 2. The van der Waals surface area contributed by atoms with Crippen molar-refractivity contribution in [3.63, 3.8) is 0 Å². The first kappa shape index (κ1) is 23.9. The molecule has 0 spiro atoms. The average molecular weight is 474 g/mol. The number of urea groups is 1. The molecule has 180 valence electrons. The van der Waals surface area contributed by atoms with Crippen LogP contribution < -0.4 is 10.6 Å². The zero-order valence-electron chi connectivity index (χ0n) is 18.7. The van der Waals surface area contributed by atoms with Crippen molar-refractivity contribution in [2.45, 2.75) is 56.8 Å². The molecule has 0 saturated heterocycles. The van der Waals surface area contributed by atoms with Gasteiger partial charge in [-0.25, -0.2) is 9.18 Å². The topological polar surface area (TPSA) is 54.3 Å². The van der Waals surface area contributed by atoms with Crippen LogP contribution in [0.15, 0.2) is 65.1 Å². The maximum absolute atomic E-state index is 14.6. The van der Waals surface area contributed by atoms with E-state index < -0.39 is 29.1 Å². The van der Waals surface area contributed by atoms with Gasteiger partial charge in [0, 0.05) is 12.5 Å². The number of hydrogen-bond donors (Lipinski definition) is 2. The normalized spacial score (nSPS) is 16.3. The summed E-state index contributed by atoms with van der Waals surface area (Å²) in [7, 11) is 0. The average Bonchev–Trinajstić information content (AvgIpc) is 3.45. The largest absolute Gasteiger partial charge is 0.463 e. The Labute approximate surface area is 195 Å². The number of hydrogen-bond acceptors (Lipinski definition) is 2. The highest BCUT2D eigenvalue weighted by molar-refractivity contribution is 5.76. The van der Waals surface area contributed by atoms with Gasteiger partial charge in [0.25, 0.3) is 0 Å². The van der Waals surface area contributed by atoms with E-state index in [0.29, 0.717) is 11.8 Å². The van der Waals surface area contributed by atoms with Crippen molar-refractivity contribution in [1.82, 2.24) is 10.6 Å². The molecule has 1 saturated carbocycles. The van der Waals surface area contributed by atoms with Crippen molar-refractivity contribution >= 4 is 6.03 Å². The third-order valence-electron chi connectivity index (χ3n) is 6.21. The van der Waals surface area contributed by atoms with Crippen LogP contribution in [0.4, 0.5) is 22.4 Å². The van der Waals surface area contributed by atoms with E-state index in [4.69, 9.17) is 4.42 Å². The van der Waals surface area contributed by atoms with E-state index in [2.05, 4.69) is 10.6 Å². The van der Waals surface area contributed by atoms with Crippen molar-refractivity contribution in [1.29, 1.82) is 0 Å². The first-order chi connectivity index (χ1) is 16.2. The number of furan rings is 1. The molecule has 0 bridgehead atoms. The molecule has 1 aliphatic carbocycles. The number of amides is 2. The lowest BCUT2D eigenvalue weighted by Crippen LogP contribution is -2.53. The van der Waals surface area contributed by atoms with Gasteiger partial charge in [0.05, 0.1) is 5.56 Å². The maximum atomic E-state index is 14.6. The molecule has 1 aromatic heterocycles. The molecule has 34 heavy (non-hydrogen) atoms. The number of alkyl halides is 3.